The van der Waals surface area contributed by atoms with Gasteiger partial charge < -0.3 is 15.6 Å². The first-order valence-electron chi connectivity index (χ1n) is 6.28. The van der Waals surface area contributed by atoms with E-state index in [1.807, 2.05) is 26.0 Å². The maximum Gasteiger partial charge on any atom is 0.339 e. The molecule has 2 aromatic carbocycles. The van der Waals surface area contributed by atoms with Crippen LogP contribution in [0.3, 0.4) is 0 Å². The molecule has 104 valence electrons. The van der Waals surface area contributed by atoms with Crippen molar-refractivity contribution in [1.29, 1.82) is 0 Å². The number of aromatic carboxylic acids is 1. The summed E-state index contributed by atoms with van der Waals surface area (Å²) >= 11 is 0. The minimum absolute atomic E-state index is 0.114. The summed E-state index contributed by atoms with van der Waals surface area (Å²) in [5, 5.41) is 9.12. The molecule has 0 radical (unpaired) electrons. The number of carbonyl (C=O) groups is 1. The van der Waals surface area contributed by atoms with Crippen LogP contribution in [0.15, 0.2) is 36.4 Å². The van der Waals surface area contributed by atoms with Gasteiger partial charge in [0, 0.05) is 11.8 Å². The molecule has 0 aliphatic heterocycles. The molecule has 0 aliphatic carbocycles. The van der Waals surface area contributed by atoms with Crippen molar-refractivity contribution < 1.29 is 14.6 Å². The highest BCUT2D eigenvalue weighted by atomic mass is 16.5. The third-order valence-electron chi connectivity index (χ3n) is 2.91. The van der Waals surface area contributed by atoms with E-state index in [0.717, 1.165) is 16.7 Å². The average Bonchev–Trinajstić information content (AvgIpc) is 2.35. The summed E-state index contributed by atoms with van der Waals surface area (Å²) in [5.74, 6) is -0.739. The van der Waals surface area contributed by atoms with Crippen LogP contribution in [0, 0.1) is 13.8 Å². The van der Waals surface area contributed by atoms with Crippen LogP contribution in [-0.4, -0.2) is 11.1 Å². The fourth-order valence-corrected chi connectivity index (χ4v) is 2.15. The summed E-state index contributed by atoms with van der Waals surface area (Å²) in [6.45, 7) is 4.34. The number of hydrogen-bond acceptors (Lipinski definition) is 3. The Morgan fingerprint density at radius 3 is 2.40 bits per heavy atom. The van der Waals surface area contributed by atoms with Crippen molar-refractivity contribution in [3.05, 3.63) is 58.7 Å². The molecule has 3 N–H and O–H groups in total. The van der Waals surface area contributed by atoms with Gasteiger partial charge in [0.25, 0.3) is 0 Å². The van der Waals surface area contributed by atoms with Gasteiger partial charge in [-0.05, 0) is 31.5 Å². The molecule has 0 atom stereocenters. The zero-order chi connectivity index (χ0) is 14.7. The third kappa shape index (κ3) is 3.29. The first kappa shape index (κ1) is 13.9. The van der Waals surface area contributed by atoms with Gasteiger partial charge in [0.2, 0.25) is 0 Å². The van der Waals surface area contributed by atoms with E-state index in [1.165, 1.54) is 12.1 Å². The summed E-state index contributed by atoms with van der Waals surface area (Å²) in [6.07, 6.45) is 0. The van der Waals surface area contributed by atoms with Crippen LogP contribution in [0.25, 0.3) is 0 Å². The Balaban J connectivity index is 2.22. The van der Waals surface area contributed by atoms with E-state index in [2.05, 4.69) is 6.07 Å². The third-order valence-corrected chi connectivity index (χ3v) is 2.91. The second kappa shape index (κ2) is 5.65. The standard InChI is InChI=1S/C16H17NO3/c1-10-5-11(2)7-12(6-10)9-20-15-8-13(17)3-4-14(15)16(18)19/h3-8H,9,17H2,1-2H3,(H,18,19). The first-order chi connectivity index (χ1) is 9.45. The van der Waals surface area contributed by atoms with Crippen LogP contribution in [0.5, 0.6) is 5.75 Å². The molecule has 0 saturated heterocycles. The van der Waals surface area contributed by atoms with E-state index in [9.17, 15) is 4.79 Å². The second-order valence-electron chi connectivity index (χ2n) is 4.85. The first-order valence-corrected chi connectivity index (χ1v) is 6.28. The molecule has 4 nitrogen and oxygen atoms in total. The molecule has 2 aromatic rings. The Bertz CT molecular complexity index is 630. The predicted molar refractivity (Wildman–Crippen MR) is 78.1 cm³/mol. The smallest absolute Gasteiger partial charge is 0.339 e. The Hall–Kier alpha value is -2.49. The SMILES string of the molecule is Cc1cc(C)cc(COc2cc(N)ccc2C(=O)O)c1. The molecule has 2 rings (SSSR count). The van der Waals surface area contributed by atoms with Gasteiger partial charge in [0.1, 0.15) is 17.9 Å². The van der Waals surface area contributed by atoms with Crippen molar-refractivity contribution in [2.24, 2.45) is 0 Å². The number of carboxylic acid groups (broad SMARTS) is 1. The quantitative estimate of drug-likeness (QED) is 0.838. The Kier molecular flexibility index (Phi) is 3.94. The maximum absolute atomic E-state index is 11.1. The molecule has 0 bridgehead atoms. The maximum atomic E-state index is 11.1. The monoisotopic (exact) mass is 271 g/mol. The van der Waals surface area contributed by atoms with E-state index in [4.69, 9.17) is 15.6 Å². The van der Waals surface area contributed by atoms with Gasteiger partial charge in [-0.25, -0.2) is 4.79 Å². The van der Waals surface area contributed by atoms with Crippen molar-refractivity contribution in [2.45, 2.75) is 20.5 Å². The minimum Gasteiger partial charge on any atom is -0.488 e. The lowest BCUT2D eigenvalue weighted by molar-refractivity contribution is 0.0692. The fraction of sp³-hybridized carbons (Fsp3) is 0.188. The van der Waals surface area contributed by atoms with Gasteiger partial charge in [0.05, 0.1) is 0 Å². The van der Waals surface area contributed by atoms with Gasteiger partial charge in [-0.1, -0.05) is 29.3 Å². The highest BCUT2D eigenvalue weighted by molar-refractivity contribution is 5.91. The van der Waals surface area contributed by atoms with E-state index < -0.39 is 5.97 Å². The Morgan fingerprint density at radius 1 is 1.15 bits per heavy atom. The molecule has 0 unspecified atom stereocenters. The molecular weight excluding hydrogens is 254 g/mol. The Labute approximate surface area is 117 Å². The molecule has 0 amide bonds. The second-order valence-corrected chi connectivity index (χ2v) is 4.85. The predicted octanol–water partition coefficient (Wildman–Crippen LogP) is 3.16. The number of carboxylic acids is 1. The van der Waals surface area contributed by atoms with E-state index >= 15 is 0 Å². The largest absolute Gasteiger partial charge is 0.488 e. The van der Waals surface area contributed by atoms with Gasteiger partial charge >= 0.3 is 5.97 Å². The number of ether oxygens (including phenoxy) is 1. The van der Waals surface area contributed by atoms with Crippen molar-refractivity contribution in [3.8, 4) is 5.75 Å². The summed E-state index contributed by atoms with van der Waals surface area (Å²) in [4.78, 5) is 11.1. The fourth-order valence-electron chi connectivity index (χ4n) is 2.15. The molecule has 0 aromatic heterocycles. The lowest BCUT2D eigenvalue weighted by Gasteiger charge is -2.11. The van der Waals surface area contributed by atoms with Crippen LogP contribution in [-0.2, 0) is 6.61 Å². The summed E-state index contributed by atoms with van der Waals surface area (Å²) < 4.78 is 5.61. The minimum atomic E-state index is -1.03. The highest BCUT2D eigenvalue weighted by Crippen LogP contribution is 2.23. The summed E-state index contributed by atoms with van der Waals surface area (Å²) in [5.41, 5.74) is 9.56. The lowest BCUT2D eigenvalue weighted by Crippen LogP contribution is -2.04. The van der Waals surface area contributed by atoms with E-state index in [-0.39, 0.29) is 11.3 Å². The van der Waals surface area contributed by atoms with Gasteiger partial charge in [-0.15, -0.1) is 0 Å². The number of aryl methyl sites for hydroxylation is 2. The molecule has 0 saturated carbocycles. The van der Waals surface area contributed by atoms with Crippen LogP contribution in [0.1, 0.15) is 27.0 Å². The topological polar surface area (TPSA) is 72.5 Å². The Morgan fingerprint density at radius 2 is 1.80 bits per heavy atom. The molecule has 0 spiro atoms. The van der Waals surface area contributed by atoms with Crippen molar-refractivity contribution in [1.82, 2.24) is 0 Å². The average molecular weight is 271 g/mol. The normalized spacial score (nSPS) is 10.3. The summed E-state index contributed by atoms with van der Waals surface area (Å²) in [7, 11) is 0. The number of nitrogen functional groups attached to an aromatic ring is 1. The van der Waals surface area contributed by atoms with Gasteiger partial charge in [-0.3, -0.25) is 0 Å². The zero-order valence-electron chi connectivity index (χ0n) is 11.5. The van der Waals surface area contributed by atoms with Crippen LogP contribution in [0.4, 0.5) is 5.69 Å². The molecule has 0 fully saturated rings. The van der Waals surface area contributed by atoms with Gasteiger partial charge in [-0.2, -0.15) is 0 Å². The van der Waals surface area contributed by atoms with Crippen molar-refractivity contribution >= 4 is 11.7 Å². The highest BCUT2D eigenvalue weighted by Gasteiger charge is 2.11. The van der Waals surface area contributed by atoms with Crippen molar-refractivity contribution in [3.63, 3.8) is 0 Å². The number of nitrogens with two attached hydrogens (primary N) is 1. The molecule has 20 heavy (non-hydrogen) atoms. The van der Waals surface area contributed by atoms with E-state index in [0.29, 0.717) is 12.3 Å². The van der Waals surface area contributed by atoms with E-state index in [1.54, 1.807) is 6.07 Å². The number of benzene rings is 2. The van der Waals surface area contributed by atoms with Crippen LogP contribution >= 0.6 is 0 Å². The molecule has 4 heteroatoms. The lowest BCUT2D eigenvalue weighted by atomic mass is 10.1. The summed E-state index contributed by atoms with van der Waals surface area (Å²) in [6, 6.07) is 10.6. The number of hydrogen-bond donors (Lipinski definition) is 2. The van der Waals surface area contributed by atoms with Crippen LogP contribution < -0.4 is 10.5 Å². The molecule has 0 heterocycles. The van der Waals surface area contributed by atoms with Crippen LogP contribution in [0.2, 0.25) is 0 Å². The molecular formula is C16H17NO3. The van der Waals surface area contributed by atoms with Gasteiger partial charge in [0.15, 0.2) is 0 Å². The zero-order valence-corrected chi connectivity index (χ0v) is 11.5. The number of anilines is 1. The molecule has 0 aliphatic rings. The number of rotatable bonds is 4. The van der Waals surface area contributed by atoms with Crippen molar-refractivity contribution in [2.75, 3.05) is 5.73 Å².